The molecule has 0 spiro atoms. The zero-order valence-corrected chi connectivity index (χ0v) is 17.3. The number of aromatic nitrogens is 1. The summed E-state index contributed by atoms with van der Waals surface area (Å²) in [5.74, 6) is 0. The number of rotatable bonds is 12. The van der Waals surface area contributed by atoms with Crippen LogP contribution in [0.5, 0.6) is 0 Å². The normalized spacial score (nSPS) is 30.5. The van der Waals surface area contributed by atoms with Gasteiger partial charge in [0.1, 0.15) is 42.5 Å². The van der Waals surface area contributed by atoms with Gasteiger partial charge >= 0.3 is 0 Å². The number of aliphatic hydroxyl groups is 4. The van der Waals surface area contributed by atoms with Crippen LogP contribution in [0, 0.1) is 0 Å². The smallest absolute Gasteiger partial charge is 0.245 e. The molecule has 172 valence electrons. The first-order chi connectivity index (χ1) is 15.1. The van der Waals surface area contributed by atoms with Crippen LogP contribution in [0.4, 0.5) is 0 Å². The first kappa shape index (κ1) is 23.8. The van der Waals surface area contributed by atoms with E-state index in [9.17, 15) is 20.4 Å². The highest BCUT2D eigenvalue weighted by molar-refractivity contribution is 5.59. The van der Waals surface area contributed by atoms with Gasteiger partial charge in [-0.2, -0.15) is 0 Å². The molecule has 0 aromatic carbocycles. The minimum atomic E-state index is -1.33. The summed E-state index contributed by atoms with van der Waals surface area (Å²) in [6.45, 7) is 1.18. The highest BCUT2D eigenvalue weighted by Gasteiger charge is 2.42. The average molecular weight is 439 g/mol. The fraction of sp³-hybridized carbons (Fsp3) is 0.700. The molecule has 3 heterocycles. The summed E-state index contributed by atoms with van der Waals surface area (Å²) in [5.41, 5.74) is 0.862. The van der Waals surface area contributed by atoms with Gasteiger partial charge in [-0.05, 0) is 31.4 Å². The van der Waals surface area contributed by atoms with E-state index in [2.05, 4.69) is 15.3 Å². The van der Waals surface area contributed by atoms with E-state index in [0.29, 0.717) is 32.7 Å². The number of hydrogen-bond acceptors (Lipinski definition) is 10. The zero-order chi connectivity index (χ0) is 22.1. The SMILES string of the molecule is OCC1OC(CCCCOC[N+]2=CC(COCc3ccccn3)N=N2)C(O)C(O)C1O. The molecule has 0 bridgehead atoms. The van der Waals surface area contributed by atoms with E-state index in [1.165, 1.54) is 0 Å². The van der Waals surface area contributed by atoms with Crippen LogP contribution in [0.15, 0.2) is 34.7 Å². The van der Waals surface area contributed by atoms with Gasteiger partial charge in [-0.15, -0.1) is 4.68 Å². The molecule has 4 N–H and O–H groups in total. The molecule has 3 rings (SSSR count). The average Bonchev–Trinajstić information content (AvgIpc) is 3.24. The fourth-order valence-electron chi connectivity index (χ4n) is 3.43. The van der Waals surface area contributed by atoms with E-state index in [-0.39, 0.29) is 12.8 Å². The van der Waals surface area contributed by atoms with Crippen LogP contribution in [0.3, 0.4) is 0 Å². The molecule has 11 nitrogen and oxygen atoms in total. The third-order valence-electron chi connectivity index (χ3n) is 5.17. The van der Waals surface area contributed by atoms with E-state index < -0.39 is 37.1 Å². The number of pyridine rings is 1. The Kier molecular flexibility index (Phi) is 9.40. The summed E-state index contributed by atoms with van der Waals surface area (Å²) in [7, 11) is 0. The van der Waals surface area contributed by atoms with Crippen molar-refractivity contribution in [2.75, 3.05) is 26.6 Å². The molecule has 2 aliphatic heterocycles. The lowest BCUT2D eigenvalue weighted by molar-refractivity contribution is -0.572. The lowest BCUT2D eigenvalue weighted by atomic mass is 9.92. The lowest BCUT2D eigenvalue weighted by Crippen LogP contribution is -2.58. The van der Waals surface area contributed by atoms with Crippen molar-refractivity contribution in [3.8, 4) is 0 Å². The van der Waals surface area contributed by atoms with Crippen LogP contribution >= 0.6 is 0 Å². The molecular formula is C20H31N4O7+. The maximum absolute atomic E-state index is 10.0. The van der Waals surface area contributed by atoms with Gasteiger partial charge in [0, 0.05) is 11.3 Å². The largest absolute Gasteiger partial charge is 0.394 e. The van der Waals surface area contributed by atoms with Gasteiger partial charge in [-0.25, -0.2) is 0 Å². The standard InChI is InChI=1S/C20H31N4O7/c25-10-17-19(27)20(28)18(26)16(31-17)6-2-4-8-29-13-24-9-15(22-23-24)12-30-11-14-5-1-3-7-21-14/h1,3,5,7,9,15-20,25-28H,2,4,6,8,10-13H2/q+1. The molecule has 0 aliphatic carbocycles. The summed E-state index contributed by atoms with van der Waals surface area (Å²) in [4.78, 5) is 4.20. The molecule has 0 radical (unpaired) electrons. The molecule has 0 saturated carbocycles. The molecule has 1 saturated heterocycles. The van der Waals surface area contributed by atoms with Gasteiger partial charge in [0.2, 0.25) is 12.8 Å². The van der Waals surface area contributed by atoms with E-state index in [1.54, 1.807) is 10.9 Å². The summed E-state index contributed by atoms with van der Waals surface area (Å²) < 4.78 is 18.3. The van der Waals surface area contributed by atoms with Crippen molar-refractivity contribution < 1.29 is 39.3 Å². The zero-order valence-electron chi connectivity index (χ0n) is 17.3. The molecule has 1 aromatic rings. The number of unbranched alkanes of at least 4 members (excludes halogenated alkanes) is 1. The fourth-order valence-corrected chi connectivity index (χ4v) is 3.43. The monoisotopic (exact) mass is 439 g/mol. The topological polar surface area (TPSA) is 149 Å². The summed E-state index contributed by atoms with van der Waals surface area (Å²) in [5, 5.41) is 47.0. The Balaban J connectivity index is 1.26. The molecular weight excluding hydrogens is 408 g/mol. The van der Waals surface area contributed by atoms with Crippen LogP contribution < -0.4 is 0 Å². The molecule has 11 heteroatoms. The van der Waals surface area contributed by atoms with Crippen LogP contribution in [0.1, 0.15) is 25.0 Å². The maximum Gasteiger partial charge on any atom is 0.245 e. The van der Waals surface area contributed by atoms with E-state index in [0.717, 1.165) is 12.1 Å². The Morgan fingerprint density at radius 2 is 1.87 bits per heavy atom. The van der Waals surface area contributed by atoms with E-state index >= 15 is 0 Å². The number of hydrogen-bond donors (Lipinski definition) is 4. The second-order valence-corrected chi connectivity index (χ2v) is 7.60. The van der Waals surface area contributed by atoms with Gasteiger partial charge in [-0.1, -0.05) is 6.07 Å². The minimum Gasteiger partial charge on any atom is -0.394 e. The maximum atomic E-state index is 10.0. The van der Waals surface area contributed by atoms with Crippen LogP contribution in [-0.4, -0.2) is 99.4 Å². The predicted octanol–water partition coefficient (Wildman–Crippen LogP) is -0.582. The van der Waals surface area contributed by atoms with Gasteiger partial charge in [0.05, 0.1) is 31.6 Å². The van der Waals surface area contributed by atoms with Crippen LogP contribution in [0.25, 0.3) is 0 Å². The second kappa shape index (κ2) is 12.2. The summed E-state index contributed by atoms with van der Waals surface area (Å²) in [6.07, 6.45) is 0.119. The van der Waals surface area contributed by atoms with Crippen molar-refractivity contribution in [1.82, 2.24) is 4.98 Å². The Labute approximate surface area is 180 Å². The second-order valence-electron chi connectivity index (χ2n) is 7.60. The molecule has 6 atom stereocenters. The van der Waals surface area contributed by atoms with Crippen molar-refractivity contribution in [3.63, 3.8) is 0 Å². The van der Waals surface area contributed by atoms with Crippen molar-refractivity contribution in [3.05, 3.63) is 30.1 Å². The summed E-state index contributed by atoms with van der Waals surface area (Å²) in [6, 6.07) is 5.52. The van der Waals surface area contributed by atoms with Crippen molar-refractivity contribution >= 4 is 6.21 Å². The predicted molar refractivity (Wildman–Crippen MR) is 107 cm³/mol. The van der Waals surface area contributed by atoms with Gasteiger partial charge in [0.15, 0.2) is 0 Å². The molecule has 1 aromatic heterocycles. The lowest BCUT2D eigenvalue weighted by Gasteiger charge is -2.40. The Hall–Kier alpha value is -1.86. The third kappa shape index (κ3) is 7.07. The highest BCUT2D eigenvalue weighted by atomic mass is 16.5. The van der Waals surface area contributed by atoms with Crippen molar-refractivity contribution in [2.24, 2.45) is 10.3 Å². The first-order valence-corrected chi connectivity index (χ1v) is 10.5. The molecule has 0 amide bonds. The molecule has 6 unspecified atom stereocenters. The minimum absolute atomic E-state index is 0.154. The van der Waals surface area contributed by atoms with Crippen molar-refractivity contribution in [2.45, 2.75) is 62.4 Å². The molecule has 2 aliphatic rings. The van der Waals surface area contributed by atoms with Crippen molar-refractivity contribution in [1.29, 1.82) is 0 Å². The molecule has 31 heavy (non-hydrogen) atoms. The highest BCUT2D eigenvalue weighted by Crippen LogP contribution is 2.24. The number of ether oxygens (including phenoxy) is 3. The summed E-state index contributed by atoms with van der Waals surface area (Å²) >= 11 is 0. The Morgan fingerprint density at radius 1 is 1.03 bits per heavy atom. The quantitative estimate of drug-likeness (QED) is 0.250. The molecule has 1 fully saturated rings. The third-order valence-corrected chi connectivity index (χ3v) is 5.17. The van der Waals surface area contributed by atoms with Crippen LogP contribution in [0.2, 0.25) is 0 Å². The van der Waals surface area contributed by atoms with E-state index in [4.69, 9.17) is 14.2 Å². The van der Waals surface area contributed by atoms with Gasteiger partial charge in [-0.3, -0.25) is 4.98 Å². The Bertz CT molecular complexity index is 719. The first-order valence-electron chi connectivity index (χ1n) is 10.5. The number of aliphatic hydroxyl groups excluding tert-OH is 4. The van der Waals surface area contributed by atoms with Gasteiger partial charge < -0.3 is 34.6 Å². The van der Waals surface area contributed by atoms with Crippen LogP contribution in [-0.2, 0) is 20.8 Å². The van der Waals surface area contributed by atoms with E-state index in [1.807, 2.05) is 24.4 Å². The Morgan fingerprint density at radius 3 is 2.65 bits per heavy atom. The number of nitrogens with zero attached hydrogens (tertiary/aromatic N) is 4. The van der Waals surface area contributed by atoms with Gasteiger partial charge in [0.25, 0.3) is 0 Å².